The summed E-state index contributed by atoms with van der Waals surface area (Å²) in [7, 11) is 0. The Balaban J connectivity index is 1.40. The van der Waals surface area contributed by atoms with Crippen LogP contribution in [-0.4, -0.2) is 52.6 Å². The molecule has 0 aliphatic carbocycles. The van der Waals surface area contributed by atoms with Crippen LogP contribution < -0.4 is 5.32 Å². The summed E-state index contributed by atoms with van der Waals surface area (Å²) >= 11 is 0. The molecule has 0 bridgehead atoms. The molecular weight excluding hydrogens is 312 g/mol. The van der Waals surface area contributed by atoms with Gasteiger partial charge in [-0.1, -0.05) is 19.1 Å². The van der Waals surface area contributed by atoms with E-state index in [0.717, 1.165) is 51.3 Å². The lowest BCUT2D eigenvalue weighted by Crippen LogP contribution is -2.38. The number of likely N-dealkylation sites (tertiary alicyclic amines) is 1. The number of nitrogens with one attached hydrogen (secondary N) is 1. The minimum absolute atomic E-state index is 0.0157. The van der Waals surface area contributed by atoms with Gasteiger partial charge in [-0.25, -0.2) is 4.79 Å². The van der Waals surface area contributed by atoms with Gasteiger partial charge in [0.25, 0.3) is 0 Å². The first-order valence-corrected chi connectivity index (χ1v) is 9.28. The molecule has 1 N–H and O–H groups in total. The number of fused-ring (bicyclic) bond motifs is 1. The van der Waals surface area contributed by atoms with Gasteiger partial charge in [0.05, 0.1) is 0 Å². The van der Waals surface area contributed by atoms with Crippen LogP contribution in [0.1, 0.15) is 19.8 Å². The lowest BCUT2D eigenvalue weighted by molar-refractivity contribution is 0.212. The highest BCUT2D eigenvalue weighted by Gasteiger charge is 2.30. The van der Waals surface area contributed by atoms with Gasteiger partial charge in [-0.3, -0.25) is 4.90 Å². The molecule has 2 amide bonds. The van der Waals surface area contributed by atoms with Crippen molar-refractivity contribution in [1.82, 2.24) is 14.4 Å². The maximum Gasteiger partial charge on any atom is 0.321 e. The number of amides is 2. The van der Waals surface area contributed by atoms with Crippen LogP contribution in [0.15, 0.2) is 42.6 Å². The number of urea groups is 1. The molecule has 0 unspecified atom stereocenters. The zero-order chi connectivity index (χ0) is 17.2. The van der Waals surface area contributed by atoms with Crippen LogP contribution in [0.3, 0.4) is 0 Å². The number of hydrogen-bond donors (Lipinski definition) is 1. The lowest BCUT2D eigenvalue weighted by atomic mass is 10.2. The van der Waals surface area contributed by atoms with Crippen LogP contribution in [0.2, 0.25) is 0 Å². The van der Waals surface area contributed by atoms with Crippen LogP contribution in [0, 0.1) is 0 Å². The summed E-state index contributed by atoms with van der Waals surface area (Å²) in [5, 5.41) is 4.25. The molecule has 2 aromatic rings. The van der Waals surface area contributed by atoms with Crippen LogP contribution in [-0.2, 0) is 6.54 Å². The molecule has 0 radical (unpaired) electrons. The van der Waals surface area contributed by atoms with Gasteiger partial charge in [0.2, 0.25) is 0 Å². The van der Waals surface area contributed by atoms with E-state index in [1.165, 1.54) is 10.9 Å². The maximum absolute atomic E-state index is 12.6. The Morgan fingerprint density at radius 1 is 1.24 bits per heavy atom. The fraction of sp³-hybridized carbons (Fsp3) is 0.450. The Morgan fingerprint density at radius 3 is 2.88 bits per heavy atom. The van der Waals surface area contributed by atoms with Crippen LogP contribution >= 0.6 is 0 Å². The topological polar surface area (TPSA) is 40.5 Å². The van der Waals surface area contributed by atoms with Crippen LogP contribution in [0.5, 0.6) is 0 Å². The van der Waals surface area contributed by atoms with E-state index in [-0.39, 0.29) is 6.03 Å². The van der Waals surface area contributed by atoms with Crippen molar-refractivity contribution in [1.29, 1.82) is 0 Å². The number of aryl methyl sites for hydroxylation is 1. The highest BCUT2D eigenvalue weighted by Crippen LogP contribution is 2.23. The Kier molecular flexibility index (Phi) is 4.49. The molecular formula is C20H26N4O. The van der Waals surface area contributed by atoms with E-state index >= 15 is 0 Å². The average Bonchev–Trinajstić information content (AvgIpc) is 3.35. The first-order chi connectivity index (χ1) is 12.2. The number of aromatic nitrogens is 1. The normalized spacial score (nSPS) is 20.7. The Hall–Kier alpha value is -2.27. The summed E-state index contributed by atoms with van der Waals surface area (Å²) in [5.41, 5.74) is 2.10. The van der Waals surface area contributed by atoms with Gasteiger partial charge >= 0.3 is 6.03 Å². The summed E-state index contributed by atoms with van der Waals surface area (Å²) in [6.07, 6.45) is 8.72. The second-order valence-corrected chi connectivity index (χ2v) is 7.03. The van der Waals surface area contributed by atoms with Crippen molar-refractivity contribution < 1.29 is 4.79 Å². The average molecular weight is 338 g/mol. The first kappa shape index (κ1) is 16.2. The van der Waals surface area contributed by atoms with Gasteiger partial charge in [0.1, 0.15) is 0 Å². The van der Waals surface area contributed by atoms with Crippen molar-refractivity contribution >= 4 is 22.6 Å². The molecule has 2 aliphatic heterocycles. The van der Waals surface area contributed by atoms with Crippen molar-refractivity contribution in [3.05, 3.63) is 42.6 Å². The third-order valence-corrected chi connectivity index (χ3v) is 5.30. The summed E-state index contributed by atoms with van der Waals surface area (Å²) in [5.74, 6) is 0. The quantitative estimate of drug-likeness (QED) is 0.867. The molecule has 132 valence electrons. The molecule has 3 heterocycles. The fourth-order valence-corrected chi connectivity index (χ4v) is 3.93. The Labute approximate surface area is 148 Å². The SMILES string of the molecule is CCCn1ccc2cc(NC(=O)N3CC[C@@H](N4CC=CC4)C3)ccc21. The second-order valence-electron chi connectivity index (χ2n) is 7.03. The van der Waals surface area contributed by atoms with Crippen molar-refractivity contribution in [3.8, 4) is 0 Å². The molecule has 25 heavy (non-hydrogen) atoms. The predicted molar refractivity (Wildman–Crippen MR) is 102 cm³/mol. The third-order valence-electron chi connectivity index (χ3n) is 5.30. The largest absolute Gasteiger partial charge is 0.347 e. The Morgan fingerprint density at radius 2 is 2.08 bits per heavy atom. The van der Waals surface area contributed by atoms with E-state index < -0.39 is 0 Å². The molecule has 2 aliphatic rings. The molecule has 1 saturated heterocycles. The number of benzene rings is 1. The number of carbonyl (C=O) groups excluding carboxylic acids is 1. The number of nitrogens with zero attached hydrogens (tertiary/aromatic N) is 3. The summed E-state index contributed by atoms with van der Waals surface area (Å²) in [6.45, 7) is 6.90. The van der Waals surface area contributed by atoms with E-state index in [4.69, 9.17) is 0 Å². The number of rotatable bonds is 4. The molecule has 1 aromatic heterocycles. The highest BCUT2D eigenvalue weighted by molar-refractivity contribution is 5.93. The maximum atomic E-state index is 12.6. The van der Waals surface area contributed by atoms with Crippen molar-refractivity contribution in [2.45, 2.75) is 32.4 Å². The summed E-state index contributed by atoms with van der Waals surface area (Å²) in [6, 6.07) is 8.80. The van der Waals surface area contributed by atoms with E-state index in [0.29, 0.717) is 6.04 Å². The Bertz CT molecular complexity index is 786. The van der Waals surface area contributed by atoms with Gasteiger partial charge in [-0.2, -0.15) is 0 Å². The zero-order valence-electron chi connectivity index (χ0n) is 14.8. The van der Waals surface area contributed by atoms with Gasteiger partial charge in [0, 0.05) is 61.6 Å². The molecule has 0 spiro atoms. The fourth-order valence-electron chi connectivity index (χ4n) is 3.93. The minimum Gasteiger partial charge on any atom is -0.347 e. The number of carbonyl (C=O) groups is 1. The zero-order valence-corrected chi connectivity index (χ0v) is 14.8. The van der Waals surface area contributed by atoms with E-state index in [1.54, 1.807) is 0 Å². The molecule has 5 heteroatoms. The van der Waals surface area contributed by atoms with E-state index in [9.17, 15) is 4.79 Å². The van der Waals surface area contributed by atoms with E-state index in [1.807, 2.05) is 11.0 Å². The summed E-state index contributed by atoms with van der Waals surface area (Å²) < 4.78 is 2.26. The van der Waals surface area contributed by atoms with Gasteiger partial charge in [-0.15, -0.1) is 0 Å². The second kappa shape index (κ2) is 6.92. The smallest absolute Gasteiger partial charge is 0.321 e. The van der Waals surface area contributed by atoms with Crippen molar-refractivity contribution in [2.24, 2.45) is 0 Å². The van der Waals surface area contributed by atoms with Gasteiger partial charge in [-0.05, 0) is 37.1 Å². The first-order valence-electron chi connectivity index (χ1n) is 9.28. The molecule has 1 aromatic carbocycles. The molecule has 1 atom stereocenters. The predicted octanol–water partition coefficient (Wildman–Crippen LogP) is 3.53. The number of anilines is 1. The van der Waals surface area contributed by atoms with Crippen LogP contribution in [0.25, 0.3) is 10.9 Å². The van der Waals surface area contributed by atoms with Gasteiger partial charge < -0.3 is 14.8 Å². The number of hydrogen-bond acceptors (Lipinski definition) is 2. The molecule has 4 rings (SSSR count). The standard InChI is InChI=1S/C20H26N4O/c1-2-9-23-12-7-16-14-17(5-6-19(16)23)21-20(25)24-13-8-18(15-24)22-10-3-4-11-22/h3-7,12,14,18H,2,8-11,13,15H2,1H3,(H,21,25)/t18-/m1/s1. The van der Waals surface area contributed by atoms with Crippen molar-refractivity contribution in [2.75, 3.05) is 31.5 Å². The molecule has 0 saturated carbocycles. The molecule has 5 nitrogen and oxygen atoms in total. The van der Waals surface area contributed by atoms with Gasteiger partial charge in [0.15, 0.2) is 0 Å². The minimum atomic E-state index is 0.0157. The lowest BCUT2D eigenvalue weighted by Gasteiger charge is -2.23. The highest BCUT2D eigenvalue weighted by atomic mass is 16.2. The van der Waals surface area contributed by atoms with E-state index in [2.05, 4.69) is 58.3 Å². The van der Waals surface area contributed by atoms with Crippen molar-refractivity contribution in [3.63, 3.8) is 0 Å². The molecule has 1 fully saturated rings. The third kappa shape index (κ3) is 3.29. The monoisotopic (exact) mass is 338 g/mol. The van der Waals surface area contributed by atoms with Crippen LogP contribution in [0.4, 0.5) is 10.5 Å². The summed E-state index contributed by atoms with van der Waals surface area (Å²) in [4.78, 5) is 17.0.